The van der Waals surface area contributed by atoms with Crippen LogP contribution in [-0.4, -0.2) is 18.4 Å². The lowest BCUT2D eigenvalue weighted by molar-refractivity contribution is 0.0925. The van der Waals surface area contributed by atoms with Gasteiger partial charge in [-0.3, -0.25) is 9.59 Å². The minimum Gasteiger partial charge on any atom is -0.492 e. The molecule has 1 aliphatic heterocycles. The quantitative estimate of drug-likeness (QED) is 0.693. The van der Waals surface area contributed by atoms with E-state index in [-0.39, 0.29) is 11.8 Å². The molecule has 0 fully saturated rings. The Morgan fingerprint density at radius 1 is 1.05 bits per heavy atom. The highest BCUT2D eigenvalue weighted by Crippen LogP contribution is 2.35. The molecule has 5 nitrogen and oxygen atoms in total. The maximum atomic E-state index is 12.5. The van der Waals surface area contributed by atoms with Gasteiger partial charge in [-0.25, -0.2) is 4.90 Å². The molecule has 3 rings (SSSR count). The van der Waals surface area contributed by atoms with Crippen LogP contribution >= 0.6 is 0 Å². The Bertz CT molecular complexity index is 740. The molecule has 0 aromatic heterocycles. The van der Waals surface area contributed by atoms with Crippen LogP contribution in [0.3, 0.4) is 0 Å². The van der Waals surface area contributed by atoms with Crippen molar-refractivity contribution in [3.8, 4) is 5.75 Å². The molecule has 0 saturated heterocycles. The topological polar surface area (TPSA) is 72.6 Å². The van der Waals surface area contributed by atoms with Crippen LogP contribution in [0, 0.1) is 0 Å². The van der Waals surface area contributed by atoms with Crippen LogP contribution in [0.1, 0.15) is 27.6 Å². The molecule has 2 aromatic carbocycles. The second-order valence-electron chi connectivity index (χ2n) is 4.65. The number of nitrogens with two attached hydrogens (primary N) is 1. The first-order chi connectivity index (χ1) is 10.1. The number of para-hydroxylation sites is 2. The second-order valence-corrected chi connectivity index (χ2v) is 4.65. The normalized spacial score (nSPS) is 13.5. The van der Waals surface area contributed by atoms with Gasteiger partial charge < -0.3 is 10.5 Å². The molecular formula is C16H14N2O3. The summed E-state index contributed by atoms with van der Waals surface area (Å²) in [5.74, 6) is -0.237. The van der Waals surface area contributed by atoms with E-state index in [9.17, 15) is 9.59 Å². The summed E-state index contributed by atoms with van der Waals surface area (Å²) in [5, 5.41) is 0. The van der Waals surface area contributed by atoms with Gasteiger partial charge in [-0.05, 0) is 37.3 Å². The van der Waals surface area contributed by atoms with E-state index in [2.05, 4.69) is 0 Å². The Morgan fingerprint density at radius 3 is 2.52 bits per heavy atom. The number of rotatable bonds is 3. The Labute approximate surface area is 121 Å². The lowest BCUT2D eigenvalue weighted by atomic mass is 10.1. The minimum absolute atomic E-state index is 0.325. The van der Waals surface area contributed by atoms with E-state index in [1.54, 1.807) is 36.4 Å². The van der Waals surface area contributed by atoms with Gasteiger partial charge in [0.05, 0.1) is 23.4 Å². The Kier molecular flexibility index (Phi) is 3.10. The predicted octanol–water partition coefficient (Wildman–Crippen LogP) is 2.47. The summed E-state index contributed by atoms with van der Waals surface area (Å²) in [6, 6.07) is 11.7. The van der Waals surface area contributed by atoms with Crippen LogP contribution in [-0.2, 0) is 0 Å². The van der Waals surface area contributed by atoms with E-state index in [0.717, 1.165) is 4.90 Å². The highest BCUT2D eigenvalue weighted by atomic mass is 16.5. The fourth-order valence-corrected chi connectivity index (χ4v) is 2.40. The van der Waals surface area contributed by atoms with Crippen LogP contribution in [0.25, 0.3) is 0 Å². The van der Waals surface area contributed by atoms with Crippen molar-refractivity contribution in [2.45, 2.75) is 6.92 Å². The monoisotopic (exact) mass is 282 g/mol. The standard InChI is InChI=1S/C16H14N2O3/c1-2-21-14-6-4-3-5-13(14)18-15(19)11-8-7-10(17)9-12(11)16(18)20/h3-9H,2,17H2,1H3. The minimum atomic E-state index is -0.380. The van der Waals surface area contributed by atoms with Gasteiger partial charge in [0.1, 0.15) is 5.75 Å². The fourth-order valence-electron chi connectivity index (χ4n) is 2.40. The molecule has 106 valence electrons. The average molecular weight is 282 g/mol. The van der Waals surface area contributed by atoms with Crippen molar-refractivity contribution in [3.63, 3.8) is 0 Å². The number of carbonyl (C=O) groups is 2. The molecule has 0 spiro atoms. The molecule has 0 aliphatic carbocycles. The summed E-state index contributed by atoms with van der Waals surface area (Å²) in [7, 11) is 0. The number of amides is 2. The summed E-state index contributed by atoms with van der Waals surface area (Å²) < 4.78 is 5.50. The SMILES string of the molecule is CCOc1ccccc1N1C(=O)c2ccc(N)cc2C1=O. The lowest BCUT2D eigenvalue weighted by Crippen LogP contribution is -2.29. The van der Waals surface area contributed by atoms with Gasteiger partial charge in [0, 0.05) is 5.69 Å². The number of hydrogen-bond acceptors (Lipinski definition) is 4. The zero-order chi connectivity index (χ0) is 15.0. The van der Waals surface area contributed by atoms with Crippen molar-refractivity contribution in [2.24, 2.45) is 0 Å². The van der Waals surface area contributed by atoms with Crippen molar-refractivity contribution in [1.29, 1.82) is 0 Å². The zero-order valence-electron chi connectivity index (χ0n) is 11.5. The highest BCUT2D eigenvalue weighted by molar-refractivity contribution is 6.35. The number of nitrogens with zero attached hydrogens (tertiary/aromatic N) is 1. The molecule has 1 aliphatic rings. The number of imide groups is 1. The smallest absolute Gasteiger partial charge is 0.266 e. The molecule has 0 radical (unpaired) electrons. The molecule has 0 bridgehead atoms. The molecule has 0 saturated carbocycles. The van der Waals surface area contributed by atoms with Crippen molar-refractivity contribution in [1.82, 2.24) is 0 Å². The largest absolute Gasteiger partial charge is 0.492 e. The summed E-state index contributed by atoms with van der Waals surface area (Å²) in [6.45, 7) is 2.30. The van der Waals surface area contributed by atoms with Crippen LogP contribution in [0.15, 0.2) is 42.5 Å². The molecule has 2 aromatic rings. The number of nitrogen functional groups attached to an aromatic ring is 1. The number of hydrogen-bond donors (Lipinski definition) is 1. The second kappa shape index (κ2) is 4.94. The van der Waals surface area contributed by atoms with Crippen LogP contribution < -0.4 is 15.4 Å². The number of benzene rings is 2. The van der Waals surface area contributed by atoms with Crippen molar-refractivity contribution in [3.05, 3.63) is 53.6 Å². The van der Waals surface area contributed by atoms with Crippen molar-refractivity contribution in [2.75, 3.05) is 17.2 Å². The maximum absolute atomic E-state index is 12.5. The summed E-state index contributed by atoms with van der Waals surface area (Å²) >= 11 is 0. The number of carbonyl (C=O) groups excluding carboxylic acids is 2. The van der Waals surface area contributed by atoms with E-state index in [1.165, 1.54) is 6.07 Å². The summed E-state index contributed by atoms with van der Waals surface area (Å²) in [6.07, 6.45) is 0. The van der Waals surface area contributed by atoms with Gasteiger partial charge in [0.15, 0.2) is 0 Å². The van der Waals surface area contributed by atoms with Gasteiger partial charge in [-0.1, -0.05) is 12.1 Å². The number of ether oxygens (including phenoxy) is 1. The molecule has 2 amide bonds. The molecule has 5 heteroatoms. The van der Waals surface area contributed by atoms with Gasteiger partial charge in [-0.2, -0.15) is 0 Å². The summed E-state index contributed by atoms with van der Waals surface area (Å²) in [5.41, 5.74) is 7.28. The van der Waals surface area contributed by atoms with E-state index < -0.39 is 0 Å². The maximum Gasteiger partial charge on any atom is 0.266 e. The highest BCUT2D eigenvalue weighted by Gasteiger charge is 2.37. The van der Waals surface area contributed by atoms with Crippen molar-refractivity contribution >= 4 is 23.2 Å². The Hall–Kier alpha value is -2.82. The molecule has 1 heterocycles. The number of anilines is 2. The molecule has 2 N–H and O–H groups in total. The van der Waals surface area contributed by atoms with Crippen molar-refractivity contribution < 1.29 is 14.3 Å². The van der Waals surface area contributed by atoms with Crippen LogP contribution in [0.4, 0.5) is 11.4 Å². The lowest BCUT2D eigenvalue weighted by Gasteiger charge is -2.17. The first kappa shape index (κ1) is 13.2. The third kappa shape index (κ3) is 2.03. The third-order valence-electron chi connectivity index (χ3n) is 3.32. The Morgan fingerprint density at radius 2 is 1.76 bits per heavy atom. The molecular weight excluding hydrogens is 268 g/mol. The van der Waals surface area contributed by atoms with E-state index >= 15 is 0 Å². The summed E-state index contributed by atoms with van der Waals surface area (Å²) in [4.78, 5) is 26.1. The molecule has 0 atom stereocenters. The van der Waals surface area contributed by atoms with Gasteiger partial charge in [0.2, 0.25) is 0 Å². The first-order valence-corrected chi connectivity index (χ1v) is 6.63. The van der Waals surface area contributed by atoms with E-state index in [4.69, 9.17) is 10.5 Å². The number of fused-ring (bicyclic) bond motifs is 1. The molecule has 0 unspecified atom stereocenters. The fraction of sp³-hybridized carbons (Fsp3) is 0.125. The molecule has 21 heavy (non-hydrogen) atoms. The van der Waals surface area contributed by atoms with E-state index in [0.29, 0.717) is 34.9 Å². The Balaban J connectivity index is 2.10. The van der Waals surface area contributed by atoms with Gasteiger partial charge in [-0.15, -0.1) is 0 Å². The van der Waals surface area contributed by atoms with Crippen LogP contribution in [0.2, 0.25) is 0 Å². The van der Waals surface area contributed by atoms with Gasteiger partial charge in [0.25, 0.3) is 11.8 Å². The van der Waals surface area contributed by atoms with Gasteiger partial charge >= 0.3 is 0 Å². The predicted molar refractivity (Wildman–Crippen MR) is 79.6 cm³/mol. The first-order valence-electron chi connectivity index (χ1n) is 6.63. The average Bonchev–Trinajstić information content (AvgIpc) is 2.72. The van der Waals surface area contributed by atoms with E-state index in [1.807, 2.05) is 6.92 Å². The third-order valence-corrected chi connectivity index (χ3v) is 3.32. The van der Waals surface area contributed by atoms with Crippen LogP contribution in [0.5, 0.6) is 5.75 Å². The zero-order valence-corrected chi connectivity index (χ0v) is 11.5.